The van der Waals surface area contributed by atoms with Gasteiger partial charge in [0.2, 0.25) is 11.0 Å². The van der Waals surface area contributed by atoms with Gasteiger partial charge in [-0.05, 0) is 35.9 Å². The molecule has 4 rings (SSSR count). The Bertz CT molecular complexity index is 1350. The Balaban J connectivity index is 1.33. The summed E-state index contributed by atoms with van der Waals surface area (Å²) in [6, 6.07) is 12.9. The van der Waals surface area contributed by atoms with E-state index in [0.29, 0.717) is 21.6 Å². The number of methoxy groups -OCH3 is 1. The molecular weight excluding hydrogens is 515 g/mol. The second-order valence-corrected chi connectivity index (χ2v) is 9.56. The van der Waals surface area contributed by atoms with E-state index in [4.69, 9.17) is 16.3 Å². The smallest absolute Gasteiger partial charge is 0.281 e. The minimum Gasteiger partial charge on any atom is -0.493 e. The molecule has 0 aliphatic carbocycles. The first-order valence-electron chi connectivity index (χ1n) is 10.1. The molecule has 0 spiro atoms. The van der Waals surface area contributed by atoms with Crippen molar-refractivity contribution in [1.82, 2.24) is 25.3 Å². The fourth-order valence-corrected chi connectivity index (χ4v) is 4.66. The topological polar surface area (TPSA) is 111 Å². The predicted octanol–water partition coefficient (Wildman–Crippen LogP) is 4.19. The highest BCUT2D eigenvalue weighted by molar-refractivity contribution is 8.01. The number of hydrogen-bond acceptors (Lipinski definition) is 8. The first-order valence-corrected chi connectivity index (χ1v) is 12.3. The van der Waals surface area contributed by atoms with E-state index >= 15 is 0 Å². The van der Waals surface area contributed by atoms with Gasteiger partial charge in [0.05, 0.1) is 24.7 Å². The van der Waals surface area contributed by atoms with Gasteiger partial charge in [-0.1, -0.05) is 52.9 Å². The molecule has 2 aromatic carbocycles. The van der Waals surface area contributed by atoms with Gasteiger partial charge >= 0.3 is 0 Å². The fraction of sp³-hybridized carbons (Fsp3) is 0.136. The van der Waals surface area contributed by atoms with Crippen LogP contribution in [-0.2, 0) is 11.3 Å². The SMILES string of the molecule is COc1cn(-c2ccc(F)cc2)nc1C(=O)Nc1nnc(SCC(=O)NCc2ccccc2Cl)s1. The van der Waals surface area contributed by atoms with E-state index in [1.807, 2.05) is 18.2 Å². The van der Waals surface area contributed by atoms with Crippen molar-refractivity contribution in [3.8, 4) is 11.4 Å². The number of halogens is 2. The molecule has 0 aliphatic rings. The van der Waals surface area contributed by atoms with Crippen LogP contribution in [0.25, 0.3) is 5.69 Å². The number of thioether (sulfide) groups is 1. The standard InChI is InChI=1S/C22H18ClFN6O3S2/c1-33-17-11-30(15-8-6-14(24)7-9-15)29-19(17)20(32)26-21-27-28-22(35-21)34-12-18(31)25-10-13-4-2-3-5-16(13)23/h2-9,11H,10,12H2,1H3,(H,25,31)(H,26,27,32). The Morgan fingerprint density at radius 1 is 1.17 bits per heavy atom. The van der Waals surface area contributed by atoms with Gasteiger partial charge in [0, 0.05) is 11.6 Å². The maximum atomic E-state index is 13.2. The number of hydrogen-bond donors (Lipinski definition) is 2. The van der Waals surface area contributed by atoms with Crippen LogP contribution in [0.4, 0.5) is 9.52 Å². The minimum atomic E-state index is -0.548. The Labute approximate surface area is 212 Å². The molecule has 180 valence electrons. The first-order chi connectivity index (χ1) is 16.9. The lowest BCUT2D eigenvalue weighted by Crippen LogP contribution is -2.24. The molecule has 0 saturated carbocycles. The van der Waals surface area contributed by atoms with Crippen molar-refractivity contribution in [2.45, 2.75) is 10.9 Å². The normalized spacial score (nSPS) is 10.7. The summed E-state index contributed by atoms with van der Waals surface area (Å²) >= 11 is 8.41. The predicted molar refractivity (Wildman–Crippen MR) is 132 cm³/mol. The van der Waals surface area contributed by atoms with E-state index < -0.39 is 5.91 Å². The molecule has 0 radical (unpaired) electrons. The molecule has 2 amide bonds. The monoisotopic (exact) mass is 532 g/mol. The molecule has 35 heavy (non-hydrogen) atoms. The molecule has 0 atom stereocenters. The molecule has 4 aromatic rings. The summed E-state index contributed by atoms with van der Waals surface area (Å²) in [5.41, 5.74) is 1.41. The quantitative estimate of drug-likeness (QED) is 0.246. The summed E-state index contributed by atoms with van der Waals surface area (Å²) in [7, 11) is 1.42. The summed E-state index contributed by atoms with van der Waals surface area (Å²) in [4.78, 5) is 24.9. The highest BCUT2D eigenvalue weighted by Gasteiger charge is 2.20. The van der Waals surface area contributed by atoms with Crippen LogP contribution < -0.4 is 15.4 Å². The van der Waals surface area contributed by atoms with Crippen LogP contribution >= 0.6 is 34.7 Å². The maximum absolute atomic E-state index is 13.2. The molecule has 2 N–H and O–H groups in total. The van der Waals surface area contributed by atoms with E-state index in [2.05, 4.69) is 25.9 Å². The molecule has 13 heteroatoms. The molecule has 9 nitrogen and oxygen atoms in total. The highest BCUT2D eigenvalue weighted by Crippen LogP contribution is 2.27. The molecular formula is C22H18ClFN6O3S2. The zero-order chi connectivity index (χ0) is 24.8. The molecule has 0 saturated heterocycles. The average molecular weight is 533 g/mol. The van der Waals surface area contributed by atoms with E-state index in [9.17, 15) is 14.0 Å². The van der Waals surface area contributed by atoms with Crippen LogP contribution in [0.2, 0.25) is 5.02 Å². The number of nitrogens with one attached hydrogen (secondary N) is 2. The van der Waals surface area contributed by atoms with E-state index in [0.717, 1.165) is 16.9 Å². The molecule has 0 bridgehead atoms. The average Bonchev–Trinajstić information content (AvgIpc) is 3.49. The van der Waals surface area contributed by atoms with Gasteiger partial charge in [-0.2, -0.15) is 5.10 Å². The number of aromatic nitrogens is 4. The van der Waals surface area contributed by atoms with Crippen LogP contribution in [0.5, 0.6) is 5.75 Å². The Morgan fingerprint density at radius 3 is 2.69 bits per heavy atom. The number of benzene rings is 2. The number of rotatable bonds is 9. The van der Waals surface area contributed by atoms with Gasteiger partial charge in [0.1, 0.15) is 5.82 Å². The largest absolute Gasteiger partial charge is 0.493 e. The summed E-state index contributed by atoms with van der Waals surface area (Å²) in [5.74, 6) is -0.752. The Kier molecular flexibility index (Phi) is 7.95. The third kappa shape index (κ3) is 6.35. The van der Waals surface area contributed by atoms with Crippen LogP contribution in [0.15, 0.2) is 59.1 Å². The maximum Gasteiger partial charge on any atom is 0.281 e. The Morgan fingerprint density at radius 2 is 1.94 bits per heavy atom. The lowest BCUT2D eigenvalue weighted by atomic mass is 10.2. The van der Waals surface area contributed by atoms with E-state index in [1.54, 1.807) is 6.07 Å². The fourth-order valence-electron chi connectivity index (χ4n) is 2.88. The zero-order valence-corrected chi connectivity index (χ0v) is 20.6. The Hall–Kier alpha value is -3.48. The van der Waals surface area contributed by atoms with Gasteiger partial charge in [-0.25, -0.2) is 9.07 Å². The summed E-state index contributed by atoms with van der Waals surface area (Å²) in [6.07, 6.45) is 1.52. The van der Waals surface area contributed by atoms with Crippen molar-refractivity contribution in [2.75, 3.05) is 18.2 Å². The van der Waals surface area contributed by atoms with E-state index in [1.165, 1.54) is 54.0 Å². The summed E-state index contributed by atoms with van der Waals surface area (Å²) in [5, 5.41) is 18.4. The zero-order valence-electron chi connectivity index (χ0n) is 18.2. The minimum absolute atomic E-state index is 0.0279. The van der Waals surface area contributed by atoms with Gasteiger partial charge in [-0.15, -0.1) is 10.2 Å². The highest BCUT2D eigenvalue weighted by atomic mass is 35.5. The first kappa shape index (κ1) is 24.6. The van der Waals surface area contributed by atoms with Crippen molar-refractivity contribution >= 4 is 51.6 Å². The van der Waals surface area contributed by atoms with Crippen molar-refractivity contribution in [3.05, 3.63) is 76.8 Å². The van der Waals surface area contributed by atoms with Crippen molar-refractivity contribution in [2.24, 2.45) is 0 Å². The van der Waals surface area contributed by atoms with Crippen molar-refractivity contribution in [3.63, 3.8) is 0 Å². The van der Waals surface area contributed by atoms with Gasteiger partial charge < -0.3 is 10.1 Å². The number of ether oxygens (including phenoxy) is 1. The number of nitrogens with zero attached hydrogens (tertiary/aromatic N) is 4. The van der Waals surface area contributed by atoms with Crippen LogP contribution in [0.1, 0.15) is 16.1 Å². The number of carbonyl (C=O) groups is 2. The number of amides is 2. The number of anilines is 1. The van der Waals surface area contributed by atoms with Crippen molar-refractivity contribution < 1.29 is 18.7 Å². The van der Waals surface area contributed by atoms with Crippen LogP contribution in [0, 0.1) is 5.82 Å². The molecule has 2 heterocycles. The molecule has 0 unspecified atom stereocenters. The second kappa shape index (κ2) is 11.3. The third-order valence-corrected chi connectivity index (χ3v) is 6.94. The summed E-state index contributed by atoms with van der Waals surface area (Å²) < 4.78 is 20.4. The van der Waals surface area contributed by atoms with E-state index in [-0.39, 0.29) is 34.1 Å². The molecule has 0 fully saturated rings. The number of carbonyl (C=O) groups excluding carboxylic acids is 2. The molecule has 2 aromatic heterocycles. The molecule has 0 aliphatic heterocycles. The van der Waals surface area contributed by atoms with Crippen molar-refractivity contribution in [1.29, 1.82) is 0 Å². The van der Waals surface area contributed by atoms with Crippen LogP contribution in [0.3, 0.4) is 0 Å². The van der Waals surface area contributed by atoms with Gasteiger partial charge in [0.15, 0.2) is 15.8 Å². The lowest BCUT2D eigenvalue weighted by Gasteiger charge is -2.05. The second-order valence-electron chi connectivity index (χ2n) is 6.95. The van der Waals surface area contributed by atoms with Crippen LogP contribution in [-0.4, -0.2) is 44.7 Å². The third-order valence-electron chi connectivity index (χ3n) is 4.59. The van der Waals surface area contributed by atoms with Gasteiger partial charge in [0.25, 0.3) is 5.91 Å². The van der Waals surface area contributed by atoms with Gasteiger partial charge in [-0.3, -0.25) is 14.9 Å². The summed E-state index contributed by atoms with van der Waals surface area (Å²) in [6.45, 7) is 0.322. The lowest BCUT2D eigenvalue weighted by molar-refractivity contribution is -0.118.